The maximum Gasteiger partial charge on any atom is 0.263 e. The number of amides is 1. The largest absolute Gasteiger partial charge is 0.481 e. The lowest BCUT2D eigenvalue weighted by Crippen LogP contribution is -2.41. The highest BCUT2D eigenvalue weighted by Gasteiger charge is 2.21. The lowest BCUT2D eigenvalue weighted by Gasteiger charge is -2.26. The highest BCUT2D eigenvalue weighted by Crippen LogP contribution is 2.12. The van der Waals surface area contributed by atoms with Crippen LogP contribution in [0.3, 0.4) is 0 Å². The summed E-state index contributed by atoms with van der Waals surface area (Å²) < 4.78 is 5.73. The van der Waals surface area contributed by atoms with Crippen LogP contribution in [0, 0.1) is 0 Å². The van der Waals surface area contributed by atoms with Crippen molar-refractivity contribution in [1.29, 1.82) is 0 Å². The normalized spacial score (nSPS) is 11.9. The summed E-state index contributed by atoms with van der Waals surface area (Å²) in [7, 11) is 0. The Morgan fingerprint density at radius 1 is 1.10 bits per heavy atom. The summed E-state index contributed by atoms with van der Waals surface area (Å²) in [5.74, 6) is 0.843. The van der Waals surface area contributed by atoms with E-state index >= 15 is 0 Å². The Morgan fingerprint density at radius 2 is 1.65 bits per heavy atom. The first-order valence-electron chi connectivity index (χ1n) is 7.69. The second-order valence-electron chi connectivity index (χ2n) is 5.11. The molecule has 0 saturated carbocycles. The number of ether oxygens (including phenoxy) is 1. The first-order chi connectivity index (χ1) is 9.69. The fraction of sp³-hybridized carbons (Fsp3) is 0.588. The van der Waals surface area contributed by atoms with E-state index < -0.39 is 6.10 Å². The van der Waals surface area contributed by atoms with E-state index in [4.69, 9.17) is 4.74 Å². The molecule has 3 nitrogen and oxygen atoms in total. The van der Waals surface area contributed by atoms with Crippen LogP contribution in [0.15, 0.2) is 30.3 Å². The minimum atomic E-state index is -0.425. The van der Waals surface area contributed by atoms with Crippen LogP contribution in [0.5, 0.6) is 5.75 Å². The molecular weight excluding hydrogens is 250 g/mol. The van der Waals surface area contributed by atoms with Gasteiger partial charge in [0.05, 0.1) is 0 Å². The topological polar surface area (TPSA) is 29.5 Å². The smallest absolute Gasteiger partial charge is 0.263 e. The van der Waals surface area contributed by atoms with Gasteiger partial charge in [0.15, 0.2) is 6.10 Å². The molecule has 1 amide bonds. The molecule has 0 fully saturated rings. The average Bonchev–Trinajstić information content (AvgIpc) is 2.48. The molecule has 0 aliphatic rings. The molecule has 112 valence electrons. The Morgan fingerprint density at radius 3 is 2.15 bits per heavy atom. The van der Waals surface area contributed by atoms with Gasteiger partial charge in [-0.1, -0.05) is 44.9 Å². The number of rotatable bonds is 9. The number of carbonyl (C=O) groups is 1. The van der Waals surface area contributed by atoms with Gasteiger partial charge in [0.25, 0.3) is 5.91 Å². The molecule has 3 heteroatoms. The predicted molar refractivity (Wildman–Crippen MR) is 82.9 cm³/mol. The van der Waals surface area contributed by atoms with Crippen molar-refractivity contribution in [3.8, 4) is 5.75 Å². The van der Waals surface area contributed by atoms with E-state index in [2.05, 4.69) is 13.8 Å². The second kappa shape index (κ2) is 9.40. The predicted octanol–water partition coefficient (Wildman–Crippen LogP) is 3.88. The van der Waals surface area contributed by atoms with Gasteiger partial charge in [-0.3, -0.25) is 4.79 Å². The third-order valence-electron chi connectivity index (χ3n) is 3.28. The lowest BCUT2D eigenvalue weighted by atomic mass is 10.2. The zero-order valence-electron chi connectivity index (χ0n) is 13.0. The monoisotopic (exact) mass is 277 g/mol. The van der Waals surface area contributed by atoms with E-state index in [0.717, 1.165) is 44.5 Å². The first-order valence-corrected chi connectivity index (χ1v) is 7.69. The Labute approximate surface area is 122 Å². The maximum absolute atomic E-state index is 12.5. The Balaban J connectivity index is 2.57. The van der Waals surface area contributed by atoms with Crippen LogP contribution in [0.1, 0.15) is 46.5 Å². The molecule has 0 saturated heterocycles. The van der Waals surface area contributed by atoms with Gasteiger partial charge < -0.3 is 9.64 Å². The van der Waals surface area contributed by atoms with Crippen molar-refractivity contribution < 1.29 is 9.53 Å². The Hall–Kier alpha value is -1.51. The fourth-order valence-corrected chi connectivity index (χ4v) is 2.04. The van der Waals surface area contributed by atoms with Crippen molar-refractivity contribution in [2.45, 2.75) is 52.6 Å². The summed E-state index contributed by atoms with van der Waals surface area (Å²) in [6.45, 7) is 7.79. The van der Waals surface area contributed by atoms with Gasteiger partial charge in [0.1, 0.15) is 5.75 Å². The zero-order chi connectivity index (χ0) is 14.8. The molecule has 0 aromatic heterocycles. The summed E-state index contributed by atoms with van der Waals surface area (Å²) >= 11 is 0. The SMILES string of the molecule is CCCCN(CCCC)C(=O)C(C)Oc1ccccc1. The average molecular weight is 277 g/mol. The molecule has 0 aliphatic carbocycles. The standard InChI is InChI=1S/C17H27NO2/c1-4-6-13-18(14-7-5-2)17(19)15(3)20-16-11-9-8-10-12-16/h8-12,15H,4-7,13-14H2,1-3H3. The quantitative estimate of drug-likeness (QED) is 0.685. The summed E-state index contributed by atoms with van der Waals surface area (Å²) in [6.07, 6.45) is 3.88. The summed E-state index contributed by atoms with van der Waals surface area (Å²) in [5.41, 5.74) is 0. The molecule has 0 aliphatic heterocycles. The third kappa shape index (κ3) is 5.64. The summed E-state index contributed by atoms with van der Waals surface area (Å²) in [4.78, 5) is 14.4. The minimum absolute atomic E-state index is 0.0933. The molecular formula is C17H27NO2. The minimum Gasteiger partial charge on any atom is -0.481 e. The number of hydrogen-bond donors (Lipinski definition) is 0. The van der Waals surface area contributed by atoms with E-state index in [1.165, 1.54) is 0 Å². The number of unbranched alkanes of at least 4 members (excludes halogenated alkanes) is 2. The molecule has 1 aromatic carbocycles. The van der Waals surface area contributed by atoms with Crippen molar-refractivity contribution >= 4 is 5.91 Å². The van der Waals surface area contributed by atoms with Crippen LogP contribution < -0.4 is 4.74 Å². The van der Waals surface area contributed by atoms with Crippen molar-refractivity contribution in [3.63, 3.8) is 0 Å². The molecule has 1 unspecified atom stereocenters. The van der Waals surface area contributed by atoms with E-state index in [9.17, 15) is 4.79 Å². The number of para-hydroxylation sites is 1. The van der Waals surface area contributed by atoms with Gasteiger partial charge >= 0.3 is 0 Å². The number of carbonyl (C=O) groups excluding carboxylic acids is 1. The van der Waals surface area contributed by atoms with Crippen LogP contribution in [0.2, 0.25) is 0 Å². The van der Waals surface area contributed by atoms with Crippen molar-refractivity contribution in [2.24, 2.45) is 0 Å². The van der Waals surface area contributed by atoms with Gasteiger partial charge in [0.2, 0.25) is 0 Å². The first kappa shape index (κ1) is 16.5. The van der Waals surface area contributed by atoms with Crippen LogP contribution in [0.25, 0.3) is 0 Å². The molecule has 0 radical (unpaired) electrons. The highest BCUT2D eigenvalue weighted by molar-refractivity contribution is 5.80. The van der Waals surface area contributed by atoms with Gasteiger partial charge in [-0.05, 0) is 31.9 Å². The van der Waals surface area contributed by atoms with Gasteiger partial charge in [0, 0.05) is 13.1 Å². The van der Waals surface area contributed by atoms with Crippen LogP contribution in [0.4, 0.5) is 0 Å². The molecule has 1 aromatic rings. The molecule has 0 heterocycles. The van der Waals surface area contributed by atoms with Gasteiger partial charge in [-0.25, -0.2) is 0 Å². The highest BCUT2D eigenvalue weighted by atomic mass is 16.5. The summed E-state index contributed by atoms with van der Waals surface area (Å²) in [6, 6.07) is 9.53. The molecule has 1 atom stereocenters. The fourth-order valence-electron chi connectivity index (χ4n) is 2.04. The maximum atomic E-state index is 12.5. The Kier molecular flexibility index (Phi) is 7.78. The van der Waals surface area contributed by atoms with E-state index in [1.54, 1.807) is 0 Å². The van der Waals surface area contributed by atoms with Crippen molar-refractivity contribution in [3.05, 3.63) is 30.3 Å². The molecule has 0 N–H and O–H groups in total. The zero-order valence-corrected chi connectivity index (χ0v) is 13.0. The van der Waals surface area contributed by atoms with E-state index in [1.807, 2.05) is 42.2 Å². The molecule has 1 rings (SSSR count). The molecule has 0 spiro atoms. The van der Waals surface area contributed by atoms with E-state index in [-0.39, 0.29) is 5.91 Å². The van der Waals surface area contributed by atoms with Crippen LogP contribution >= 0.6 is 0 Å². The summed E-state index contributed by atoms with van der Waals surface area (Å²) in [5, 5.41) is 0. The van der Waals surface area contributed by atoms with Gasteiger partial charge in [-0.15, -0.1) is 0 Å². The van der Waals surface area contributed by atoms with Crippen molar-refractivity contribution in [2.75, 3.05) is 13.1 Å². The Bertz CT molecular complexity index is 370. The van der Waals surface area contributed by atoms with Crippen molar-refractivity contribution in [1.82, 2.24) is 4.90 Å². The van der Waals surface area contributed by atoms with Gasteiger partial charge in [-0.2, -0.15) is 0 Å². The van der Waals surface area contributed by atoms with Crippen LogP contribution in [-0.2, 0) is 4.79 Å². The number of benzene rings is 1. The van der Waals surface area contributed by atoms with Crippen LogP contribution in [-0.4, -0.2) is 30.0 Å². The molecule has 20 heavy (non-hydrogen) atoms. The second-order valence-corrected chi connectivity index (χ2v) is 5.11. The lowest BCUT2D eigenvalue weighted by molar-refractivity contribution is -0.138. The number of nitrogens with zero attached hydrogens (tertiary/aromatic N) is 1. The van der Waals surface area contributed by atoms with E-state index in [0.29, 0.717) is 0 Å². The molecule has 0 bridgehead atoms. The number of hydrogen-bond acceptors (Lipinski definition) is 2. The third-order valence-corrected chi connectivity index (χ3v) is 3.28.